The predicted molar refractivity (Wildman–Crippen MR) is 102 cm³/mol. The summed E-state index contributed by atoms with van der Waals surface area (Å²) < 4.78 is 0. The molecule has 3 saturated heterocycles. The van der Waals surface area contributed by atoms with Crippen molar-refractivity contribution in [2.75, 3.05) is 52.4 Å². The molecule has 3 rings (SSSR count). The van der Waals surface area contributed by atoms with Gasteiger partial charge in [-0.05, 0) is 51.6 Å². The molecule has 1 amide bonds. The first-order chi connectivity index (χ1) is 12.1. The van der Waals surface area contributed by atoms with E-state index in [1.165, 1.54) is 32.5 Å². The lowest BCUT2D eigenvalue weighted by Gasteiger charge is -2.40. The number of carbonyl (C=O) groups is 1. The number of likely N-dealkylation sites (tertiary alicyclic amines) is 2. The van der Waals surface area contributed by atoms with Crippen molar-refractivity contribution in [1.82, 2.24) is 20.4 Å². The number of piperidine rings is 1. The van der Waals surface area contributed by atoms with Gasteiger partial charge in [0.15, 0.2) is 5.96 Å². The van der Waals surface area contributed by atoms with Gasteiger partial charge in [0.25, 0.3) is 0 Å². The van der Waals surface area contributed by atoms with E-state index >= 15 is 0 Å². The lowest BCUT2D eigenvalue weighted by molar-refractivity contribution is -0.119. The number of rotatable bonds is 5. The van der Waals surface area contributed by atoms with Crippen LogP contribution in [0.3, 0.4) is 0 Å². The van der Waals surface area contributed by atoms with Crippen molar-refractivity contribution in [2.45, 2.75) is 46.0 Å². The van der Waals surface area contributed by atoms with Crippen molar-refractivity contribution >= 4 is 11.9 Å². The average molecular weight is 350 g/mol. The van der Waals surface area contributed by atoms with Crippen LogP contribution >= 0.6 is 0 Å². The fourth-order valence-electron chi connectivity index (χ4n) is 4.65. The van der Waals surface area contributed by atoms with Crippen LogP contribution in [0, 0.1) is 11.3 Å². The molecular formula is C19H35N5O. The maximum Gasteiger partial charge on any atom is 0.220 e. The molecule has 1 spiro atoms. The molecule has 3 aliphatic heterocycles. The van der Waals surface area contributed by atoms with E-state index < -0.39 is 0 Å². The van der Waals surface area contributed by atoms with E-state index in [9.17, 15) is 4.79 Å². The van der Waals surface area contributed by atoms with Crippen LogP contribution < -0.4 is 10.6 Å². The largest absolute Gasteiger partial charge is 0.357 e. The van der Waals surface area contributed by atoms with E-state index in [-0.39, 0.29) is 11.3 Å². The Hall–Kier alpha value is -1.30. The number of amides is 1. The van der Waals surface area contributed by atoms with E-state index in [4.69, 9.17) is 4.99 Å². The summed E-state index contributed by atoms with van der Waals surface area (Å²) in [5.41, 5.74) is 0.122. The molecule has 2 atom stereocenters. The Kier molecular flexibility index (Phi) is 6.20. The number of aliphatic imine (C=N–C) groups is 1. The topological polar surface area (TPSA) is 60.0 Å². The van der Waals surface area contributed by atoms with Gasteiger partial charge in [0.2, 0.25) is 5.91 Å². The molecule has 0 aromatic rings. The SMILES string of the molecule is CCCN1CCC(CN=C(NCC)N2CCCC3(CNC(=O)C3)C2)C1. The molecule has 142 valence electrons. The third-order valence-electron chi connectivity index (χ3n) is 5.90. The molecule has 0 radical (unpaired) electrons. The van der Waals surface area contributed by atoms with Gasteiger partial charge >= 0.3 is 0 Å². The minimum absolute atomic E-state index is 0.122. The zero-order chi connectivity index (χ0) is 17.7. The highest BCUT2D eigenvalue weighted by molar-refractivity contribution is 5.81. The number of nitrogens with one attached hydrogen (secondary N) is 2. The molecule has 2 unspecified atom stereocenters. The lowest BCUT2D eigenvalue weighted by atomic mass is 9.79. The van der Waals surface area contributed by atoms with Gasteiger partial charge < -0.3 is 20.4 Å². The highest BCUT2D eigenvalue weighted by Crippen LogP contribution is 2.36. The first kappa shape index (κ1) is 18.5. The highest BCUT2D eigenvalue weighted by Gasteiger charge is 2.42. The number of guanidine groups is 1. The molecule has 0 aliphatic carbocycles. The van der Waals surface area contributed by atoms with Crippen molar-refractivity contribution in [3.05, 3.63) is 0 Å². The van der Waals surface area contributed by atoms with E-state index in [0.717, 1.165) is 51.5 Å². The van der Waals surface area contributed by atoms with Gasteiger partial charge in [0, 0.05) is 51.1 Å². The van der Waals surface area contributed by atoms with Crippen molar-refractivity contribution in [1.29, 1.82) is 0 Å². The van der Waals surface area contributed by atoms with Gasteiger partial charge in [-0.25, -0.2) is 0 Å². The Labute approximate surface area is 152 Å². The zero-order valence-corrected chi connectivity index (χ0v) is 16.0. The molecule has 0 aromatic heterocycles. The van der Waals surface area contributed by atoms with Crippen LogP contribution in [0.4, 0.5) is 0 Å². The van der Waals surface area contributed by atoms with Crippen molar-refractivity contribution in [3.63, 3.8) is 0 Å². The molecule has 3 fully saturated rings. The van der Waals surface area contributed by atoms with Crippen LogP contribution in [-0.4, -0.2) is 74.0 Å². The molecule has 0 aromatic carbocycles. The second kappa shape index (κ2) is 8.39. The number of hydrogen-bond acceptors (Lipinski definition) is 3. The molecule has 0 bridgehead atoms. The molecule has 3 heterocycles. The first-order valence-electron chi connectivity index (χ1n) is 10.2. The van der Waals surface area contributed by atoms with Crippen molar-refractivity contribution in [2.24, 2.45) is 16.3 Å². The van der Waals surface area contributed by atoms with Gasteiger partial charge in [-0.1, -0.05) is 6.92 Å². The van der Waals surface area contributed by atoms with E-state index in [1.54, 1.807) is 0 Å². The van der Waals surface area contributed by atoms with Gasteiger partial charge in [-0.15, -0.1) is 0 Å². The van der Waals surface area contributed by atoms with Gasteiger partial charge in [-0.2, -0.15) is 0 Å². The zero-order valence-electron chi connectivity index (χ0n) is 16.0. The summed E-state index contributed by atoms with van der Waals surface area (Å²) in [6, 6.07) is 0. The fourth-order valence-corrected chi connectivity index (χ4v) is 4.65. The number of hydrogen-bond donors (Lipinski definition) is 2. The Bertz CT molecular complexity index is 494. The van der Waals surface area contributed by atoms with Crippen LogP contribution in [0.25, 0.3) is 0 Å². The van der Waals surface area contributed by atoms with E-state index in [2.05, 4.69) is 34.3 Å². The summed E-state index contributed by atoms with van der Waals surface area (Å²) >= 11 is 0. The number of carbonyl (C=O) groups excluding carboxylic acids is 1. The summed E-state index contributed by atoms with van der Waals surface area (Å²) in [7, 11) is 0. The first-order valence-corrected chi connectivity index (χ1v) is 10.2. The summed E-state index contributed by atoms with van der Waals surface area (Å²) in [5, 5.41) is 6.52. The van der Waals surface area contributed by atoms with Crippen LogP contribution in [0.2, 0.25) is 0 Å². The molecule has 0 saturated carbocycles. The van der Waals surface area contributed by atoms with E-state index in [1.807, 2.05) is 0 Å². The quantitative estimate of drug-likeness (QED) is 0.580. The molecule has 3 aliphatic rings. The second-order valence-corrected chi connectivity index (χ2v) is 8.13. The molecule has 6 heteroatoms. The Morgan fingerprint density at radius 2 is 2.28 bits per heavy atom. The van der Waals surface area contributed by atoms with Crippen LogP contribution in [-0.2, 0) is 4.79 Å². The van der Waals surface area contributed by atoms with Crippen LogP contribution in [0.1, 0.15) is 46.0 Å². The van der Waals surface area contributed by atoms with E-state index in [0.29, 0.717) is 12.3 Å². The van der Waals surface area contributed by atoms with Gasteiger partial charge in [0.1, 0.15) is 0 Å². The maximum atomic E-state index is 11.7. The second-order valence-electron chi connectivity index (χ2n) is 8.13. The fraction of sp³-hybridized carbons (Fsp3) is 0.895. The minimum Gasteiger partial charge on any atom is -0.357 e. The molecular weight excluding hydrogens is 314 g/mol. The third kappa shape index (κ3) is 4.66. The minimum atomic E-state index is 0.122. The summed E-state index contributed by atoms with van der Waals surface area (Å²) in [6.07, 6.45) is 5.48. The summed E-state index contributed by atoms with van der Waals surface area (Å²) in [5.74, 6) is 1.95. The Balaban J connectivity index is 1.59. The maximum absolute atomic E-state index is 11.7. The monoisotopic (exact) mass is 349 g/mol. The van der Waals surface area contributed by atoms with Crippen LogP contribution in [0.5, 0.6) is 0 Å². The highest BCUT2D eigenvalue weighted by atomic mass is 16.1. The number of nitrogens with zero attached hydrogens (tertiary/aromatic N) is 3. The van der Waals surface area contributed by atoms with Crippen molar-refractivity contribution in [3.8, 4) is 0 Å². The smallest absolute Gasteiger partial charge is 0.220 e. The molecule has 25 heavy (non-hydrogen) atoms. The normalized spacial score (nSPS) is 31.0. The molecule has 2 N–H and O–H groups in total. The van der Waals surface area contributed by atoms with Gasteiger partial charge in [0.05, 0.1) is 0 Å². The van der Waals surface area contributed by atoms with Gasteiger partial charge in [-0.3, -0.25) is 9.79 Å². The van der Waals surface area contributed by atoms with Crippen molar-refractivity contribution < 1.29 is 4.79 Å². The standard InChI is InChI=1S/C19H35N5O/c1-3-8-23-10-6-16(13-23)12-21-18(20-4-2)24-9-5-7-19(15-24)11-17(25)22-14-19/h16H,3-15H2,1-2H3,(H,20,21)(H,22,25). The third-order valence-corrected chi connectivity index (χ3v) is 5.90. The lowest BCUT2D eigenvalue weighted by Crippen LogP contribution is -2.51. The summed E-state index contributed by atoms with van der Waals surface area (Å²) in [6.45, 7) is 12.7. The molecule has 6 nitrogen and oxygen atoms in total. The summed E-state index contributed by atoms with van der Waals surface area (Å²) in [4.78, 5) is 21.7. The predicted octanol–water partition coefficient (Wildman–Crippen LogP) is 1.29. The van der Waals surface area contributed by atoms with Crippen LogP contribution in [0.15, 0.2) is 4.99 Å². The Morgan fingerprint density at radius 1 is 1.40 bits per heavy atom. The Morgan fingerprint density at radius 3 is 3.00 bits per heavy atom. The average Bonchev–Trinajstić information content (AvgIpc) is 3.19.